The number of aromatic nitrogens is 3. The smallest absolute Gasteiger partial charge is 0.255 e. The molecule has 136 valence electrons. The summed E-state index contributed by atoms with van der Waals surface area (Å²) in [6.07, 6.45) is 4.64. The van der Waals surface area contributed by atoms with E-state index in [1.54, 1.807) is 16.2 Å². The molecule has 4 aromatic rings. The van der Waals surface area contributed by atoms with Gasteiger partial charge in [-0.05, 0) is 19.1 Å². The third-order valence-electron chi connectivity index (χ3n) is 4.63. The first-order chi connectivity index (χ1) is 13.1. The topological polar surface area (TPSA) is 50.5 Å². The van der Waals surface area contributed by atoms with Gasteiger partial charge in [0.25, 0.3) is 5.91 Å². The molecule has 0 fully saturated rings. The zero-order valence-corrected chi connectivity index (χ0v) is 16.1. The fraction of sp³-hybridized carbons (Fsp3) is 0.190. The van der Waals surface area contributed by atoms with Gasteiger partial charge in [0.1, 0.15) is 5.65 Å². The van der Waals surface area contributed by atoms with Crippen LogP contribution in [0.4, 0.5) is 0 Å². The van der Waals surface area contributed by atoms with Gasteiger partial charge in [0.2, 0.25) is 0 Å². The van der Waals surface area contributed by atoms with Crippen LogP contribution in [0.3, 0.4) is 0 Å². The van der Waals surface area contributed by atoms with Gasteiger partial charge in [-0.15, -0.1) is 11.3 Å². The van der Waals surface area contributed by atoms with E-state index in [-0.39, 0.29) is 5.91 Å². The third-order valence-corrected chi connectivity index (χ3v) is 5.63. The second kappa shape index (κ2) is 7.32. The average molecular weight is 376 g/mol. The van der Waals surface area contributed by atoms with E-state index in [0.29, 0.717) is 12.1 Å². The maximum atomic E-state index is 12.8. The number of imidazole rings is 1. The summed E-state index contributed by atoms with van der Waals surface area (Å²) in [7, 11) is 1.84. The summed E-state index contributed by atoms with van der Waals surface area (Å²) in [6.45, 7) is 2.67. The highest BCUT2D eigenvalue weighted by Crippen LogP contribution is 2.19. The molecule has 4 rings (SSSR count). The Labute approximate surface area is 161 Å². The number of benzene rings is 1. The average Bonchev–Trinajstić information content (AvgIpc) is 3.31. The van der Waals surface area contributed by atoms with Gasteiger partial charge in [0, 0.05) is 42.8 Å². The number of likely N-dealkylation sites (N-methyl/N-ethyl adjacent to an activating group) is 1. The van der Waals surface area contributed by atoms with Crippen LogP contribution >= 0.6 is 11.3 Å². The Balaban J connectivity index is 1.52. The van der Waals surface area contributed by atoms with E-state index in [1.165, 1.54) is 4.88 Å². The highest BCUT2D eigenvalue weighted by Gasteiger charge is 2.14. The van der Waals surface area contributed by atoms with Crippen molar-refractivity contribution in [2.45, 2.75) is 13.3 Å². The summed E-state index contributed by atoms with van der Waals surface area (Å²) >= 11 is 1.64. The predicted molar refractivity (Wildman–Crippen MR) is 108 cm³/mol. The van der Waals surface area contributed by atoms with Crippen molar-refractivity contribution >= 4 is 22.9 Å². The first-order valence-electron chi connectivity index (χ1n) is 8.80. The molecule has 5 nitrogen and oxygen atoms in total. The molecule has 1 aromatic carbocycles. The van der Waals surface area contributed by atoms with Crippen molar-refractivity contribution in [2.75, 3.05) is 13.6 Å². The Morgan fingerprint density at radius 1 is 1.15 bits per heavy atom. The van der Waals surface area contributed by atoms with Crippen molar-refractivity contribution in [3.8, 4) is 11.3 Å². The SMILES string of the molecule is Cc1ncsc1CCN(C)C(=O)c1ccc2nc(-c3ccccc3)cn2c1. The Morgan fingerprint density at radius 2 is 1.96 bits per heavy atom. The van der Waals surface area contributed by atoms with Crippen molar-refractivity contribution in [3.63, 3.8) is 0 Å². The van der Waals surface area contributed by atoms with E-state index in [1.807, 2.05) is 78.7 Å². The largest absolute Gasteiger partial charge is 0.341 e. The number of thiazole rings is 1. The van der Waals surface area contributed by atoms with Gasteiger partial charge in [-0.25, -0.2) is 9.97 Å². The van der Waals surface area contributed by atoms with Crippen LogP contribution in [0.25, 0.3) is 16.9 Å². The fourth-order valence-corrected chi connectivity index (χ4v) is 3.79. The first-order valence-corrected chi connectivity index (χ1v) is 9.68. The molecular weight excluding hydrogens is 356 g/mol. The molecule has 0 saturated heterocycles. The lowest BCUT2D eigenvalue weighted by molar-refractivity contribution is 0.0796. The summed E-state index contributed by atoms with van der Waals surface area (Å²) in [6, 6.07) is 13.8. The van der Waals surface area contributed by atoms with Crippen LogP contribution < -0.4 is 0 Å². The van der Waals surface area contributed by atoms with E-state index >= 15 is 0 Å². The second-order valence-corrected chi connectivity index (χ2v) is 7.45. The number of rotatable bonds is 5. The van der Waals surface area contributed by atoms with Gasteiger partial charge < -0.3 is 9.30 Å². The molecule has 0 atom stereocenters. The summed E-state index contributed by atoms with van der Waals surface area (Å²) in [5.74, 6) is 0.00836. The molecule has 0 aliphatic rings. The van der Waals surface area contributed by atoms with Gasteiger partial charge in [-0.3, -0.25) is 4.79 Å². The lowest BCUT2D eigenvalue weighted by atomic mass is 10.2. The molecule has 3 heterocycles. The van der Waals surface area contributed by atoms with Crippen molar-refractivity contribution in [1.29, 1.82) is 0 Å². The zero-order chi connectivity index (χ0) is 18.8. The molecule has 3 aromatic heterocycles. The van der Waals surface area contributed by atoms with Gasteiger partial charge in [0.05, 0.1) is 22.5 Å². The van der Waals surface area contributed by atoms with Crippen LogP contribution in [0.2, 0.25) is 0 Å². The number of nitrogens with zero attached hydrogens (tertiary/aromatic N) is 4. The summed E-state index contributed by atoms with van der Waals surface area (Å²) in [5, 5.41) is 0. The number of hydrogen-bond acceptors (Lipinski definition) is 4. The lowest BCUT2D eigenvalue weighted by Gasteiger charge is -2.17. The van der Waals surface area contributed by atoms with Crippen molar-refractivity contribution in [3.05, 3.63) is 76.5 Å². The normalized spacial score (nSPS) is 11.0. The number of carbonyl (C=O) groups is 1. The number of pyridine rings is 1. The molecule has 27 heavy (non-hydrogen) atoms. The van der Waals surface area contributed by atoms with Gasteiger partial charge in [-0.2, -0.15) is 0 Å². The standard InChI is InChI=1S/C21H20N4OS/c1-15-19(27-14-22-15)10-11-24(2)21(26)17-8-9-20-23-18(13-25(20)12-17)16-6-4-3-5-7-16/h3-9,12-14H,10-11H2,1-2H3. The Bertz CT molecular complexity index is 1080. The number of hydrogen-bond donors (Lipinski definition) is 0. The highest BCUT2D eigenvalue weighted by molar-refractivity contribution is 7.09. The maximum Gasteiger partial charge on any atom is 0.255 e. The molecule has 6 heteroatoms. The minimum Gasteiger partial charge on any atom is -0.341 e. The highest BCUT2D eigenvalue weighted by atomic mass is 32.1. The Kier molecular flexibility index (Phi) is 4.73. The van der Waals surface area contributed by atoms with Gasteiger partial charge in [-0.1, -0.05) is 30.3 Å². The number of aryl methyl sites for hydroxylation is 1. The van der Waals surface area contributed by atoms with E-state index in [2.05, 4.69) is 9.97 Å². The van der Waals surface area contributed by atoms with Crippen molar-refractivity contribution in [2.24, 2.45) is 0 Å². The zero-order valence-electron chi connectivity index (χ0n) is 15.3. The monoisotopic (exact) mass is 376 g/mol. The Morgan fingerprint density at radius 3 is 2.70 bits per heavy atom. The second-order valence-electron chi connectivity index (χ2n) is 6.51. The maximum absolute atomic E-state index is 12.8. The molecule has 0 N–H and O–H groups in total. The summed E-state index contributed by atoms with van der Waals surface area (Å²) in [4.78, 5) is 24.7. The van der Waals surface area contributed by atoms with Crippen LogP contribution in [-0.4, -0.2) is 38.8 Å². The van der Waals surface area contributed by atoms with Crippen LogP contribution in [0.15, 0.2) is 60.4 Å². The van der Waals surface area contributed by atoms with Crippen molar-refractivity contribution in [1.82, 2.24) is 19.3 Å². The van der Waals surface area contributed by atoms with Crippen LogP contribution in [-0.2, 0) is 6.42 Å². The van der Waals surface area contributed by atoms with E-state index in [0.717, 1.165) is 29.0 Å². The summed E-state index contributed by atoms with van der Waals surface area (Å²) < 4.78 is 1.91. The van der Waals surface area contributed by atoms with Crippen LogP contribution in [0.5, 0.6) is 0 Å². The van der Waals surface area contributed by atoms with E-state index < -0.39 is 0 Å². The minimum atomic E-state index is 0.00836. The molecule has 0 unspecified atom stereocenters. The van der Waals surface area contributed by atoms with Crippen LogP contribution in [0, 0.1) is 6.92 Å². The lowest BCUT2D eigenvalue weighted by Crippen LogP contribution is -2.29. The fourth-order valence-electron chi connectivity index (χ4n) is 3.02. The number of carbonyl (C=O) groups excluding carboxylic acids is 1. The van der Waals surface area contributed by atoms with E-state index in [4.69, 9.17) is 0 Å². The number of fused-ring (bicyclic) bond motifs is 1. The molecule has 0 aliphatic heterocycles. The van der Waals surface area contributed by atoms with Gasteiger partial charge in [0.15, 0.2) is 0 Å². The molecule has 1 amide bonds. The third kappa shape index (κ3) is 3.61. The molecular formula is C21H20N4OS. The van der Waals surface area contributed by atoms with Crippen LogP contribution in [0.1, 0.15) is 20.9 Å². The molecule has 0 saturated carbocycles. The summed E-state index contributed by atoms with van der Waals surface area (Å²) in [5.41, 5.74) is 6.34. The van der Waals surface area contributed by atoms with Gasteiger partial charge >= 0.3 is 0 Å². The Hall–Kier alpha value is -2.99. The molecule has 0 radical (unpaired) electrons. The number of amides is 1. The quantitative estimate of drug-likeness (QED) is 0.527. The molecule has 0 spiro atoms. The van der Waals surface area contributed by atoms with Crippen molar-refractivity contribution < 1.29 is 4.79 Å². The minimum absolute atomic E-state index is 0.00836. The predicted octanol–water partition coefficient (Wildman–Crippen LogP) is 4.08. The molecule has 0 aliphatic carbocycles. The molecule has 0 bridgehead atoms. The van der Waals surface area contributed by atoms with E-state index in [9.17, 15) is 4.79 Å². The first kappa shape index (κ1) is 17.4.